The monoisotopic (exact) mass is 407 g/mol. The van der Waals surface area contributed by atoms with Crippen LogP contribution in [0.15, 0.2) is 30.3 Å². The van der Waals surface area contributed by atoms with Crippen molar-refractivity contribution in [3.63, 3.8) is 0 Å². The molecule has 1 rings (SSSR count). The fraction of sp³-hybridized carbons (Fsp3) is 0.696. The van der Waals surface area contributed by atoms with Gasteiger partial charge in [-0.05, 0) is 41.4 Å². The summed E-state index contributed by atoms with van der Waals surface area (Å²) in [6.45, 7) is 15.0. The number of aliphatic hydroxyl groups is 1. The highest BCUT2D eigenvalue weighted by Gasteiger charge is 2.44. The first kappa shape index (κ1) is 24.9. The molecule has 0 aliphatic rings. The third-order valence-corrected chi connectivity index (χ3v) is 11.9. The smallest absolute Gasteiger partial charge is 0.220 e. The van der Waals surface area contributed by atoms with Crippen molar-refractivity contribution in [2.45, 2.75) is 96.5 Å². The molecule has 0 unspecified atom stereocenters. The van der Waals surface area contributed by atoms with Gasteiger partial charge >= 0.3 is 0 Å². The largest absolute Gasteiger partial charge is 0.416 e. The highest BCUT2D eigenvalue weighted by Crippen LogP contribution is 2.42. The minimum atomic E-state index is -1.82. The summed E-state index contributed by atoms with van der Waals surface area (Å²) in [6, 6.07) is 9.86. The number of carbonyl (C=O) groups is 1. The van der Waals surface area contributed by atoms with Gasteiger partial charge in [0.1, 0.15) is 0 Å². The SMILES string of the molecule is CC(C)[Si](OCCC[C@H](O)CCC(=O)NCc1ccccc1)(C(C)C)C(C)C. The van der Waals surface area contributed by atoms with Gasteiger partial charge in [-0.15, -0.1) is 0 Å². The van der Waals surface area contributed by atoms with Crippen LogP contribution in [0.4, 0.5) is 0 Å². The molecule has 2 N–H and O–H groups in total. The number of carbonyl (C=O) groups excluding carboxylic acids is 1. The third-order valence-electron chi connectivity index (χ3n) is 5.78. The van der Waals surface area contributed by atoms with Crippen molar-refractivity contribution in [3.05, 3.63) is 35.9 Å². The number of hydrogen-bond donors (Lipinski definition) is 2. The van der Waals surface area contributed by atoms with Crippen molar-refractivity contribution < 1.29 is 14.3 Å². The number of amides is 1. The second-order valence-electron chi connectivity index (χ2n) is 8.76. The lowest BCUT2D eigenvalue weighted by molar-refractivity contribution is -0.121. The number of rotatable bonds is 13. The Morgan fingerprint density at radius 2 is 1.57 bits per heavy atom. The number of hydrogen-bond acceptors (Lipinski definition) is 3. The molecule has 4 nitrogen and oxygen atoms in total. The maximum Gasteiger partial charge on any atom is 0.220 e. The van der Waals surface area contributed by atoms with Gasteiger partial charge in [0, 0.05) is 19.6 Å². The Hall–Kier alpha value is -1.17. The molecule has 0 fully saturated rings. The summed E-state index contributed by atoms with van der Waals surface area (Å²) in [5, 5.41) is 13.1. The van der Waals surface area contributed by atoms with Gasteiger partial charge in [0.2, 0.25) is 5.91 Å². The van der Waals surface area contributed by atoms with Gasteiger partial charge in [-0.1, -0.05) is 71.9 Å². The molecule has 0 saturated carbocycles. The Morgan fingerprint density at radius 1 is 1.00 bits per heavy atom. The average molecular weight is 408 g/mol. The van der Waals surface area contributed by atoms with E-state index >= 15 is 0 Å². The normalized spacial score (nSPS) is 13.4. The molecule has 28 heavy (non-hydrogen) atoms. The fourth-order valence-corrected chi connectivity index (χ4v) is 9.89. The Morgan fingerprint density at radius 3 is 2.11 bits per heavy atom. The van der Waals surface area contributed by atoms with E-state index in [1.807, 2.05) is 30.3 Å². The summed E-state index contributed by atoms with van der Waals surface area (Å²) in [5.41, 5.74) is 2.81. The molecule has 0 saturated heterocycles. The summed E-state index contributed by atoms with van der Waals surface area (Å²) in [5.74, 6) is -0.00926. The Bertz CT molecular complexity index is 538. The summed E-state index contributed by atoms with van der Waals surface area (Å²) >= 11 is 0. The van der Waals surface area contributed by atoms with Crippen molar-refractivity contribution in [2.24, 2.45) is 0 Å². The second kappa shape index (κ2) is 12.4. The molecule has 1 atom stereocenters. The first-order valence-corrected chi connectivity index (χ1v) is 13.0. The predicted molar refractivity (Wildman–Crippen MR) is 120 cm³/mol. The summed E-state index contributed by atoms with van der Waals surface area (Å²) in [6.07, 6.45) is 1.94. The molecule has 1 aromatic carbocycles. The zero-order chi connectivity index (χ0) is 21.2. The van der Waals surface area contributed by atoms with Crippen molar-refractivity contribution in [1.29, 1.82) is 0 Å². The van der Waals surface area contributed by atoms with Crippen LogP contribution < -0.4 is 5.32 Å². The van der Waals surface area contributed by atoms with E-state index in [0.29, 0.717) is 49.0 Å². The van der Waals surface area contributed by atoms with Crippen molar-refractivity contribution in [3.8, 4) is 0 Å². The number of nitrogens with one attached hydrogen (secondary N) is 1. The minimum Gasteiger partial charge on any atom is -0.416 e. The molecule has 0 spiro atoms. The first-order chi connectivity index (χ1) is 13.2. The average Bonchev–Trinajstić information content (AvgIpc) is 2.64. The van der Waals surface area contributed by atoms with E-state index in [4.69, 9.17) is 4.43 Å². The van der Waals surface area contributed by atoms with Gasteiger partial charge in [-0.3, -0.25) is 4.79 Å². The van der Waals surface area contributed by atoms with Crippen LogP contribution in [0, 0.1) is 0 Å². The van der Waals surface area contributed by atoms with E-state index < -0.39 is 14.4 Å². The lowest BCUT2D eigenvalue weighted by Crippen LogP contribution is -2.48. The lowest BCUT2D eigenvalue weighted by Gasteiger charge is -2.42. The van der Waals surface area contributed by atoms with Crippen LogP contribution >= 0.6 is 0 Å². The molecule has 0 bridgehead atoms. The molecular weight excluding hydrogens is 366 g/mol. The number of benzene rings is 1. The lowest BCUT2D eigenvalue weighted by atomic mass is 10.1. The minimum absolute atomic E-state index is 0.00926. The van der Waals surface area contributed by atoms with Gasteiger partial charge < -0.3 is 14.8 Å². The molecule has 1 aromatic rings. The summed E-state index contributed by atoms with van der Waals surface area (Å²) in [7, 11) is -1.82. The van der Waals surface area contributed by atoms with Crippen LogP contribution in [0.2, 0.25) is 16.6 Å². The Balaban J connectivity index is 2.28. The van der Waals surface area contributed by atoms with Gasteiger partial charge in [0.05, 0.1) is 6.10 Å². The molecule has 1 amide bonds. The second-order valence-corrected chi connectivity index (χ2v) is 14.2. The molecule has 0 aromatic heterocycles. The third kappa shape index (κ3) is 7.68. The van der Waals surface area contributed by atoms with Crippen LogP contribution in [0.25, 0.3) is 0 Å². The van der Waals surface area contributed by atoms with Crippen LogP contribution in [0.5, 0.6) is 0 Å². The van der Waals surface area contributed by atoms with Gasteiger partial charge in [-0.2, -0.15) is 0 Å². The maximum absolute atomic E-state index is 12.0. The standard InChI is InChI=1S/C23H41NO3Si/c1-18(2)28(19(3)4,20(5)6)27-16-10-13-22(25)14-15-23(26)24-17-21-11-8-7-9-12-21/h7-9,11-12,18-20,22,25H,10,13-17H2,1-6H3,(H,24,26)/t22-/m0/s1. The molecular formula is C23H41NO3Si. The molecule has 5 heteroatoms. The fourth-order valence-electron chi connectivity index (χ4n) is 4.39. The predicted octanol–water partition coefficient (Wildman–Crippen LogP) is 5.42. The van der Waals surface area contributed by atoms with Crippen LogP contribution in [-0.2, 0) is 15.8 Å². The topological polar surface area (TPSA) is 58.6 Å². The van der Waals surface area contributed by atoms with E-state index in [1.165, 1.54) is 0 Å². The van der Waals surface area contributed by atoms with Gasteiger partial charge in [0.15, 0.2) is 8.32 Å². The molecule has 160 valence electrons. The zero-order valence-electron chi connectivity index (χ0n) is 18.7. The van der Waals surface area contributed by atoms with E-state index in [9.17, 15) is 9.90 Å². The maximum atomic E-state index is 12.0. The highest BCUT2D eigenvalue weighted by molar-refractivity contribution is 6.77. The van der Waals surface area contributed by atoms with Gasteiger partial charge in [0.25, 0.3) is 0 Å². The van der Waals surface area contributed by atoms with Crippen molar-refractivity contribution in [1.82, 2.24) is 5.32 Å². The van der Waals surface area contributed by atoms with Crippen molar-refractivity contribution >= 4 is 14.2 Å². The van der Waals surface area contributed by atoms with E-state index in [2.05, 4.69) is 46.9 Å². The quantitative estimate of drug-likeness (QED) is 0.339. The molecule has 0 aliphatic carbocycles. The van der Waals surface area contributed by atoms with E-state index in [0.717, 1.165) is 12.0 Å². The number of aliphatic hydroxyl groups excluding tert-OH is 1. The van der Waals surface area contributed by atoms with Crippen LogP contribution in [0.3, 0.4) is 0 Å². The van der Waals surface area contributed by atoms with Crippen LogP contribution in [-0.4, -0.2) is 32.0 Å². The van der Waals surface area contributed by atoms with E-state index in [1.54, 1.807) is 0 Å². The molecule has 0 radical (unpaired) electrons. The first-order valence-electron chi connectivity index (χ1n) is 10.8. The molecule has 0 heterocycles. The Kier molecular flexibility index (Phi) is 11.0. The van der Waals surface area contributed by atoms with Crippen LogP contribution in [0.1, 0.15) is 72.8 Å². The molecule has 0 aliphatic heterocycles. The Labute approximate surface area is 173 Å². The zero-order valence-corrected chi connectivity index (χ0v) is 19.7. The van der Waals surface area contributed by atoms with Gasteiger partial charge in [-0.25, -0.2) is 0 Å². The van der Waals surface area contributed by atoms with Crippen molar-refractivity contribution in [2.75, 3.05) is 6.61 Å². The summed E-state index contributed by atoms with van der Waals surface area (Å²) in [4.78, 5) is 12.0. The highest BCUT2D eigenvalue weighted by atomic mass is 28.4. The summed E-state index contributed by atoms with van der Waals surface area (Å²) < 4.78 is 6.53. The van der Waals surface area contributed by atoms with E-state index in [-0.39, 0.29) is 5.91 Å².